The number of imidazole rings is 1. The summed E-state index contributed by atoms with van der Waals surface area (Å²) >= 11 is 1.75. The van der Waals surface area contributed by atoms with Gasteiger partial charge in [-0.2, -0.15) is 11.3 Å². The van der Waals surface area contributed by atoms with E-state index in [0.29, 0.717) is 6.54 Å². The van der Waals surface area contributed by atoms with Crippen molar-refractivity contribution in [2.24, 2.45) is 7.05 Å². The van der Waals surface area contributed by atoms with Gasteiger partial charge in [-0.25, -0.2) is 4.98 Å². The molecule has 28 heavy (non-hydrogen) atoms. The molecule has 152 valence electrons. The van der Waals surface area contributed by atoms with E-state index >= 15 is 0 Å². The minimum atomic E-state index is 0.285. The van der Waals surface area contributed by atoms with Crippen LogP contribution in [-0.4, -0.2) is 94.0 Å². The van der Waals surface area contributed by atoms with Crippen LogP contribution in [-0.2, 0) is 24.9 Å². The van der Waals surface area contributed by atoms with E-state index < -0.39 is 0 Å². The van der Waals surface area contributed by atoms with Crippen LogP contribution in [0.2, 0.25) is 0 Å². The maximum Gasteiger partial charge on any atom is 0.236 e. The first-order valence-electron chi connectivity index (χ1n) is 10.1. The molecule has 2 aliphatic heterocycles. The lowest BCUT2D eigenvalue weighted by atomic mass is 10.2. The number of amides is 1. The van der Waals surface area contributed by atoms with Crippen molar-refractivity contribution in [1.82, 2.24) is 29.2 Å². The second-order valence-corrected chi connectivity index (χ2v) is 8.58. The zero-order valence-corrected chi connectivity index (χ0v) is 17.5. The highest BCUT2D eigenvalue weighted by molar-refractivity contribution is 7.07. The third-order valence-electron chi connectivity index (χ3n) is 5.82. The monoisotopic (exact) mass is 402 g/mol. The van der Waals surface area contributed by atoms with E-state index in [2.05, 4.69) is 41.1 Å². The SMILES string of the molecule is Cn1ccnc1CN1CCN(CC(=O)N2CCN(Cc3ccsc3)CC2)CC1. The predicted octanol–water partition coefficient (Wildman–Crippen LogP) is 0.944. The molecule has 1 amide bonds. The summed E-state index contributed by atoms with van der Waals surface area (Å²) in [6.07, 6.45) is 3.84. The Hall–Kier alpha value is -1.74. The largest absolute Gasteiger partial charge is 0.339 e. The van der Waals surface area contributed by atoms with Gasteiger partial charge in [0.1, 0.15) is 5.82 Å². The molecule has 0 saturated carbocycles. The fourth-order valence-electron chi connectivity index (χ4n) is 3.94. The lowest BCUT2D eigenvalue weighted by molar-refractivity contribution is -0.134. The third kappa shape index (κ3) is 5.00. The topological polar surface area (TPSA) is 47.9 Å². The average Bonchev–Trinajstić information content (AvgIpc) is 3.36. The van der Waals surface area contributed by atoms with Crippen LogP contribution in [0.4, 0.5) is 0 Å². The zero-order chi connectivity index (χ0) is 19.3. The number of hydrogen-bond acceptors (Lipinski definition) is 6. The smallest absolute Gasteiger partial charge is 0.236 e. The first-order chi connectivity index (χ1) is 13.7. The molecule has 0 atom stereocenters. The number of rotatable bonds is 6. The molecular formula is C20H30N6OS. The van der Waals surface area contributed by atoms with Gasteiger partial charge in [-0.15, -0.1) is 0 Å². The summed E-state index contributed by atoms with van der Waals surface area (Å²) in [5, 5.41) is 4.34. The van der Waals surface area contributed by atoms with Crippen LogP contribution in [0, 0.1) is 0 Å². The van der Waals surface area contributed by atoms with Gasteiger partial charge in [-0.3, -0.25) is 19.5 Å². The summed E-state index contributed by atoms with van der Waals surface area (Å²) in [4.78, 5) is 26.3. The first-order valence-corrected chi connectivity index (χ1v) is 11.0. The molecule has 0 N–H and O–H groups in total. The van der Waals surface area contributed by atoms with E-state index in [1.54, 1.807) is 11.3 Å². The van der Waals surface area contributed by atoms with Crippen LogP contribution in [0.25, 0.3) is 0 Å². The number of aryl methyl sites for hydroxylation is 1. The van der Waals surface area contributed by atoms with E-state index in [9.17, 15) is 4.79 Å². The molecule has 0 bridgehead atoms. The fourth-order valence-corrected chi connectivity index (χ4v) is 4.60. The first kappa shape index (κ1) is 19.6. The molecule has 2 saturated heterocycles. The number of piperazine rings is 2. The molecule has 0 spiro atoms. The molecular weight excluding hydrogens is 372 g/mol. The van der Waals surface area contributed by atoms with Crippen molar-refractivity contribution in [1.29, 1.82) is 0 Å². The van der Waals surface area contributed by atoms with Crippen molar-refractivity contribution in [3.63, 3.8) is 0 Å². The summed E-state index contributed by atoms with van der Waals surface area (Å²) in [7, 11) is 2.04. The summed E-state index contributed by atoms with van der Waals surface area (Å²) < 4.78 is 2.08. The normalized spacial score (nSPS) is 20.0. The molecule has 2 aromatic rings. The highest BCUT2D eigenvalue weighted by atomic mass is 32.1. The van der Waals surface area contributed by atoms with Gasteiger partial charge < -0.3 is 9.47 Å². The Bertz CT molecular complexity index is 745. The van der Waals surface area contributed by atoms with E-state index in [1.807, 2.05) is 24.3 Å². The molecule has 0 unspecified atom stereocenters. The van der Waals surface area contributed by atoms with E-state index in [1.165, 1.54) is 5.56 Å². The van der Waals surface area contributed by atoms with Crippen LogP contribution >= 0.6 is 11.3 Å². The predicted molar refractivity (Wildman–Crippen MR) is 111 cm³/mol. The lowest BCUT2D eigenvalue weighted by Crippen LogP contribution is -2.53. The number of thiophene rings is 1. The van der Waals surface area contributed by atoms with Gasteiger partial charge in [0.25, 0.3) is 0 Å². The van der Waals surface area contributed by atoms with Crippen molar-refractivity contribution in [2.75, 3.05) is 58.9 Å². The van der Waals surface area contributed by atoms with Crippen LogP contribution in [0.3, 0.4) is 0 Å². The molecule has 2 aliphatic rings. The molecule has 8 heteroatoms. The number of hydrogen-bond donors (Lipinski definition) is 0. The Morgan fingerprint density at radius 3 is 2.32 bits per heavy atom. The van der Waals surface area contributed by atoms with E-state index in [0.717, 1.165) is 71.3 Å². The van der Waals surface area contributed by atoms with E-state index in [4.69, 9.17) is 0 Å². The van der Waals surface area contributed by atoms with Crippen molar-refractivity contribution in [3.05, 3.63) is 40.6 Å². The minimum absolute atomic E-state index is 0.285. The average molecular weight is 403 g/mol. The molecule has 2 fully saturated rings. The van der Waals surface area contributed by atoms with Crippen molar-refractivity contribution in [2.45, 2.75) is 13.1 Å². The lowest BCUT2D eigenvalue weighted by Gasteiger charge is -2.37. The van der Waals surface area contributed by atoms with Gasteiger partial charge in [0, 0.05) is 78.3 Å². The van der Waals surface area contributed by atoms with E-state index in [-0.39, 0.29) is 5.91 Å². The molecule has 7 nitrogen and oxygen atoms in total. The molecule has 0 radical (unpaired) electrons. The van der Waals surface area contributed by atoms with Crippen LogP contribution in [0.15, 0.2) is 29.2 Å². The quantitative estimate of drug-likeness (QED) is 0.720. The van der Waals surface area contributed by atoms with Gasteiger partial charge in [0.15, 0.2) is 0 Å². The maximum atomic E-state index is 12.7. The standard InChI is InChI=1S/C20H30N6OS/c1-22-4-3-21-19(22)15-24-5-7-25(8-6-24)16-20(27)26-11-9-23(10-12-26)14-18-2-13-28-17-18/h2-4,13,17H,5-12,14-16H2,1H3. The Morgan fingerprint density at radius 2 is 1.68 bits per heavy atom. The maximum absolute atomic E-state index is 12.7. The molecule has 0 aliphatic carbocycles. The fraction of sp³-hybridized carbons (Fsp3) is 0.600. The number of nitrogens with zero attached hydrogens (tertiary/aromatic N) is 6. The van der Waals surface area contributed by atoms with Crippen LogP contribution in [0.5, 0.6) is 0 Å². The van der Waals surface area contributed by atoms with Crippen molar-refractivity contribution in [3.8, 4) is 0 Å². The van der Waals surface area contributed by atoms with Gasteiger partial charge in [0.05, 0.1) is 13.1 Å². The second kappa shape index (κ2) is 9.17. The Balaban J connectivity index is 1.16. The number of carbonyl (C=O) groups excluding carboxylic acids is 1. The van der Waals surface area contributed by atoms with Crippen LogP contribution in [0.1, 0.15) is 11.4 Å². The Kier molecular flexibility index (Phi) is 6.41. The second-order valence-electron chi connectivity index (χ2n) is 7.80. The van der Waals surface area contributed by atoms with Gasteiger partial charge >= 0.3 is 0 Å². The molecule has 0 aromatic carbocycles. The van der Waals surface area contributed by atoms with Gasteiger partial charge in [0.2, 0.25) is 5.91 Å². The Morgan fingerprint density at radius 1 is 1.00 bits per heavy atom. The summed E-state index contributed by atoms with van der Waals surface area (Å²) in [5.74, 6) is 1.39. The van der Waals surface area contributed by atoms with Crippen LogP contribution < -0.4 is 0 Å². The zero-order valence-electron chi connectivity index (χ0n) is 16.7. The number of carbonyl (C=O) groups is 1. The Labute approximate surface area is 171 Å². The molecule has 2 aromatic heterocycles. The van der Waals surface area contributed by atoms with Crippen molar-refractivity contribution >= 4 is 17.2 Å². The number of aromatic nitrogens is 2. The highest BCUT2D eigenvalue weighted by Crippen LogP contribution is 2.12. The van der Waals surface area contributed by atoms with Crippen molar-refractivity contribution < 1.29 is 4.79 Å². The third-order valence-corrected chi connectivity index (χ3v) is 6.55. The highest BCUT2D eigenvalue weighted by Gasteiger charge is 2.25. The summed E-state index contributed by atoms with van der Waals surface area (Å²) in [6, 6.07) is 2.19. The minimum Gasteiger partial charge on any atom is -0.339 e. The summed E-state index contributed by atoms with van der Waals surface area (Å²) in [5.41, 5.74) is 1.38. The molecule has 4 heterocycles. The van der Waals surface area contributed by atoms with Gasteiger partial charge in [-0.05, 0) is 22.4 Å². The molecule has 4 rings (SSSR count). The summed E-state index contributed by atoms with van der Waals surface area (Å²) in [6.45, 7) is 9.98. The van der Waals surface area contributed by atoms with Gasteiger partial charge in [-0.1, -0.05) is 0 Å².